The second-order valence-corrected chi connectivity index (χ2v) is 17.4. The number of fused-ring (bicyclic) bond motifs is 3. The zero-order chi connectivity index (χ0) is 36.5. The fourth-order valence-electron chi connectivity index (χ4n) is 7.59. The Morgan fingerprint density at radius 2 is 1.20 bits per heavy atom. The van der Waals surface area contributed by atoms with Crippen LogP contribution < -0.4 is 4.74 Å². The van der Waals surface area contributed by atoms with Gasteiger partial charge >= 0.3 is 0 Å². The van der Waals surface area contributed by atoms with Crippen molar-refractivity contribution in [3.05, 3.63) is 160 Å². The van der Waals surface area contributed by atoms with E-state index in [-0.39, 0.29) is 16.2 Å². The third-order valence-corrected chi connectivity index (χ3v) is 10.4. The van der Waals surface area contributed by atoms with Crippen molar-refractivity contribution in [3.8, 4) is 28.3 Å². The number of aryl methyl sites for hydroxylation is 2. The number of pyridine rings is 1. The Morgan fingerprint density at radius 3 is 1.73 bits per heavy atom. The number of rotatable bonds is 5. The predicted molar refractivity (Wildman–Crippen MR) is 211 cm³/mol. The van der Waals surface area contributed by atoms with Gasteiger partial charge in [-0.25, -0.2) is 4.68 Å². The molecule has 0 bridgehead atoms. The predicted octanol–water partition coefficient (Wildman–Crippen LogP) is 11.9. The molecule has 4 heteroatoms. The molecule has 0 saturated heterocycles. The molecule has 0 N–H and O–H groups in total. The van der Waals surface area contributed by atoms with E-state index in [2.05, 4.69) is 154 Å². The van der Waals surface area contributed by atoms with Crippen molar-refractivity contribution in [2.45, 2.75) is 97.8 Å². The van der Waals surface area contributed by atoms with Gasteiger partial charge in [-0.2, -0.15) is 5.10 Å². The lowest BCUT2D eigenvalue weighted by atomic mass is 9.67. The highest BCUT2D eigenvalue weighted by Crippen LogP contribution is 2.57. The Balaban J connectivity index is 1.53. The first-order valence-corrected chi connectivity index (χ1v) is 18.2. The topological polar surface area (TPSA) is 39.9 Å². The van der Waals surface area contributed by atoms with Crippen molar-refractivity contribution in [2.75, 3.05) is 0 Å². The summed E-state index contributed by atoms with van der Waals surface area (Å²) in [5.74, 6) is 1.56. The summed E-state index contributed by atoms with van der Waals surface area (Å²) >= 11 is 0. The van der Waals surface area contributed by atoms with E-state index >= 15 is 0 Å². The lowest BCUT2D eigenvalue weighted by molar-refractivity contribution is 0.476. The van der Waals surface area contributed by atoms with Gasteiger partial charge < -0.3 is 4.74 Å². The van der Waals surface area contributed by atoms with Gasteiger partial charge in [-0.05, 0) is 117 Å². The maximum absolute atomic E-state index is 6.87. The molecule has 0 spiro atoms. The van der Waals surface area contributed by atoms with Crippen LogP contribution in [-0.4, -0.2) is 14.8 Å². The molecule has 0 radical (unpaired) electrons. The van der Waals surface area contributed by atoms with Gasteiger partial charge in [0.15, 0.2) is 0 Å². The van der Waals surface area contributed by atoms with Crippen LogP contribution in [0.5, 0.6) is 11.5 Å². The minimum absolute atomic E-state index is 0.0335. The maximum atomic E-state index is 6.87. The summed E-state index contributed by atoms with van der Waals surface area (Å²) in [6, 6.07) is 37.7. The molecule has 6 aromatic rings. The molecule has 7 rings (SSSR count). The van der Waals surface area contributed by atoms with Gasteiger partial charge in [-0.15, -0.1) is 0 Å². The van der Waals surface area contributed by atoms with E-state index in [0.717, 1.165) is 39.8 Å². The molecule has 2 heterocycles. The normalized spacial score (nSPS) is 13.9. The first kappa shape index (κ1) is 34.5. The molecule has 0 aliphatic heterocycles. The van der Waals surface area contributed by atoms with Gasteiger partial charge in [0, 0.05) is 18.0 Å². The van der Waals surface area contributed by atoms with E-state index in [9.17, 15) is 0 Å². The molecular formula is C47H51N3O. The van der Waals surface area contributed by atoms with E-state index in [4.69, 9.17) is 14.8 Å². The smallest absolute Gasteiger partial charge is 0.129 e. The van der Waals surface area contributed by atoms with Crippen molar-refractivity contribution in [3.63, 3.8) is 0 Å². The fraction of sp³-hybridized carbons (Fsp3) is 0.319. The Labute approximate surface area is 304 Å². The van der Waals surface area contributed by atoms with E-state index in [1.807, 2.05) is 36.0 Å². The minimum atomic E-state index is -0.681. The molecule has 0 unspecified atom stereocenters. The highest BCUT2D eigenvalue weighted by molar-refractivity contribution is 5.87. The van der Waals surface area contributed by atoms with E-state index in [1.165, 1.54) is 38.9 Å². The molecule has 2 aromatic heterocycles. The van der Waals surface area contributed by atoms with Crippen molar-refractivity contribution < 1.29 is 4.74 Å². The molecule has 0 saturated carbocycles. The zero-order valence-corrected chi connectivity index (χ0v) is 32.1. The Morgan fingerprint density at radius 1 is 0.569 bits per heavy atom. The molecule has 0 amide bonds. The van der Waals surface area contributed by atoms with Crippen LogP contribution in [0.25, 0.3) is 16.8 Å². The minimum Gasteiger partial charge on any atom is -0.457 e. The number of ether oxygens (including phenoxy) is 1. The summed E-state index contributed by atoms with van der Waals surface area (Å²) in [7, 11) is 0. The zero-order valence-electron chi connectivity index (χ0n) is 32.1. The van der Waals surface area contributed by atoms with Gasteiger partial charge in [0.1, 0.15) is 11.5 Å². The highest BCUT2D eigenvalue weighted by atomic mass is 16.5. The summed E-state index contributed by atoms with van der Waals surface area (Å²) < 4.78 is 8.85. The van der Waals surface area contributed by atoms with Crippen LogP contribution in [0.3, 0.4) is 0 Å². The summed E-state index contributed by atoms with van der Waals surface area (Å²) in [4.78, 5) is 5.20. The van der Waals surface area contributed by atoms with Crippen LogP contribution in [0.4, 0.5) is 0 Å². The molecule has 4 nitrogen and oxygen atoms in total. The van der Waals surface area contributed by atoms with Crippen molar-refractivity contribution in [1.82, 2.24) is 14.8 Å². The second kappa shape index (κ2) is 12.1. The van der Waals surface area contributed by atoms with Gasteiger partial charge in [0.25, 0.3) is 0 Å². The Kier molecular flexibility index (Phi) is 8.17. The molecule has 0 atom stereocenters. The number of aromatic nitrogens is 3. The van der Waals surface area contributed by atoms with E-state index in [0.29, 0.717) is 0 Å². The van der Waals surface area contributed by atoms with Crippen LogP contribution in [0, 0.1) is 13.8 Å². The van der Waals surface area contributed by atoms with Crippen LogP contribution >= 0.6 is 0 Å². The summed E-state index contributed by atoms with van der Waals surface area (Å²) in [6.45, 7) is 24.7. The van der Waals surface area contributed by atoms with Crippen LogP contribution in [0.15, 0.2) is 109 Å². The number of hydrogen-bond donors (Lipinski definition) is 0. The molecule has 4 aromatic carbocycles. The summed E-state index contributed by atoms with van der Waals surface area (Å²) in [5, 5.41) is 4.73. The Hall–Kier alpha value is -4.96. The second-order valence-electron chi connectivity index (χ2n) is 17.4. The van der Waals surface area contributed by atoms with Gasteiger partial charge in [0.05, 0.1) is 22.5 Å². The van der Waals surface area contributed by atoms with Crippen LogP contribution in [0.2, 0.25) is 0 Å². The van der Waals surface area contributed by atoms with E-state index < -0.39 is 5.41 Å². The molecule has 1 aliphatic carbocycles. The van der Waals surface area contributed by atoms with Gasteiger partial charge in [0.2, 0.25) is 0 Å². The highest BCUT2D eigenvalue weighted by Gasteiger charge is 2.48. The maximum Gasteiger partial charge on any atom is 0.129 e. The van der Waals surface area contributed by atoms with Gasteiger partial charge in [-0.3, -0.25) is 4.98 Å². The summed E-state index contributed by atoms with van der Waals surface area (Å²) in [5.41, 5.74) is 13.1. The Bertz CT molecular complexity index is 2190. The van der Waals surface area contributed by atoms with Crippen LogP contribution in [-0.2, 0) is 21.7 Å². The van der Waals surface area contributed by atoms with Gasteiger partial charge in [-0.1, -0.05) is 117 Å². The molecule has 51 heavy (non-hydrogen) atoms. The largest absolute Gasteiger partial charge is 0.457 e. The number of nitrogens with zero attached hydrogens (tertiary/aromatic N) is 3. The average molecular weight is 674 g/mol. The van der Waals surface area contributed by atoms with E-state index in [1.54, 1.807) is 0 Å². The monoisotopic (exact) mass is 673 g/mol. The molecular weight excluding hydrogens is 623 g/mol. The average Bonchev–Trinajstić information content (AvgIpc) is 3.56. The lowest BCUT2D eigenvalue weighted by Gasteiger charge is -2.35. The SMILES string of the molecule is Cc1cc(C)n(-c2cccc(Oc3cc(C(C)(C)C)cc(C4(c5ccccn5)c5cc(C(C)(C)C)ccc5-c5ccc(C(C)(C)C)cc54)c3)c2)n1. The summed E-state index contributed by atoms with van der Waals surface area (Å²) in [6.07, 6.45) is 1.94. The first-order valence-electron chi connectivity index (χ1n) is 18.2. The standard InChI is InChI=1S/C47H51N3O/c1-30-23-31(2)50(49-30)36-15-14-16-37(29-36)51-38-25-34(46(9,10)11)24-35(26-38)47(43-17-12-13-22-48-43)41-27-32(44(3,4)5)18-20-39(41)40-21-19-33(28-42(40)47)45(6,7)8/h12-29H,1-11H3. The quantitative estimate of drug-likeness (QED) is 0.183. The number of benzene rings is 4. The molecule has 0 fully saturated rings. The van der Waals surface area contributed by atoms with Crippen molar-refractivity contribution in [2.24, 2.45) is 0 Å². The molecule has 260 valence electrons. The van der Waals surface area contributed by atoms with Crippen molar-refractivity contribution >= 4 is 0 Å². The third-order valence-electron chi connectivity index (χ3n) is 10.4. The lowest BCUT2D eigenvalue weighted by Crippen LogP contribution is -2.31. The van der Waals surface area contributed by atoms with Crippen molar-refractivity contribution in [1.29, 1.82) is 0 Å². The third kappa shape index (κ3) is 6.09. The molecule has 1 aliphatic rings. The first-order chi connectivity index (χ1) is 24.0. The van der Waals surface area contributed by atoms with Crippen LogP contribution in [0.1, 0.15) is 113 Å². The number of hydrogen-bond acceptors (Lipinski definition) is 3. The fourth-order valence-corrected chi connectivity index (χ4v) is 7.59.